The Hall–Kier alpha value is -1.42. The Labute approximate surface area is 86.7 Å². The summed E-state index contributed by atoms with van der Waals surface area (Å²) in [6.07, 6.45) is 0. The number of hydrogen-bond acceptors (Lipinski definition) is 2. The Kier molecular flexibility index (Phi) is 1.65. The highest BCUT2D eigenvalue weighted by Crippen LogP contribution is 2.46. The van der Waals surface area contributed by atoms with Crippen LogP contribution < -0.4 is 10.6 Å². The van der Waals surface area contributed by atoms with Crippen molar-refractivity contribution in [3.63, 3.8) is 0 Å². The van der Waals surface area contributed by atoms with Crippen LogP contribution in [0.5, 0.6) is 0 Å². The van der Waals surface area contributed by atoms with Gasteiger partial charge in [0.1, 0.15) is 5.82 Å². The Bertz CT molecular complexity index is 434. The lowest BCUT2D eigenvalue weighted by Crippen LogP contribution is -2.33. The number of benzene rings is 1. The van der Waals surface area contributed by atoms with Crippen LogP contribution in [0.1, 0.15) is 0 Å². The highest BCUT2D eigenvalue weighted by atomic mass is 19.1. The SMILES string of the molecule is NC1C2CN(c3ccccc3F)C(=O)C12. The fourth-order valence-electron chi connectivity index (χ4n) is 2.35. The zero-order valence-electron chi connectivity index (χ0n) is 8.06. The monoisotopic (exact) mass is 206 g/mol. The van der Waals surface area contributed by atoms with E-state index in [0.717, 1.165) is 0 Å². The first-order chi connectivity index (χ1) is 7.20. The summed E-state index contributed by atoms with van der Waals surface area (Å²) in [7, 11) is 0. The van der Waals surface area contributed by atoms with Crippen molar-refractivity contribution >= 4 is 11.6 Å². The number of nitrogens with two attached hydrogens (primary N) is 1. The van der Waals surface area contributed by atoms with Gasteiger partial charge in [0.15, 0.2) is 0 Å². The van der Waals surface area contributed by atoms with Gasteiger partial charge in [-0.05, 0) is 12.1 Å². The first-order valence-electron chi connectivity index (χ1n) is 5.01. The van der Waals surface area contributed by atoms with Crippen LogP contribution in [0.4, 0.5) is 10.1 Å². The van der Waals surface area contributed by atoms with E-state index in [1.165, 1.54) is 11.0 Å². The van der Waals surface area contributed by atoms with Gasteiger partial charge in [-0.2, -0.15) is 0 Å². The number of fused-ring (bicyclic) bond motifs is 1. The summed E-state index contributed by atoms with van der Waals surface area (Å²) in [5.74, 6) is -0.208. The Morgan fingerprint density at radius 1 is 1.40 bits per heavy atom. The van der Waals surface area contributed by atoms with Gasteiger partial charge in [0, 0.05) is 18.5 Å². The second-order valence-electron chi connectivity index (χ2n) is 4.17. The highest BCUT2D eigenvalue weighted by Gasteiger charge is 2.60. The molecule has 1 amide bonds. The third-order valence-electron chi connectivity index (χ3n) is 3.32. The van der Waals surface area contributed by atoms with Crippen molar-refractivity contribution in [3.05, 3.63) is 30.1 Å². The summed E-state index contributed by atoms with van der Waals surface area (Å²) in [6, 6.07) is 6.35. The number of anilines is 1. The maximum Gasteiger partial charge on any atom is 0.232 e. The molecular formula is C11H11FN2O. The van der Waals surface area contributed by atoms with E-state index in [2.05, 4.69) is 0 Å². The minimum atomic E-state index is -0.347. The molecule has 2 fully saturated rings. The molecule has 1 saturated carbocycles. The molecule has 1 aromatic rings. The average Bonchev–Trinajstić information content (AvgIpc) is 2.70. The number of carbonyl (C=O) groups excluding carboxylic acids is 1. The molecule has 0 spiro atoms. The van der Waals surface area contributed by atoms with E-state index in [0.29, 0.717) is 12.2 Å². The second kappa shape index (κ2) is 2.79. The second-order valence-corrected chi connectivity index (χ2v) is 4.17. The standard InChI is InChI=1S/C11H11FN2O/c12-7-3-1-2-4-8(7)14-5-6-9(10(6)13)11(14)15/h1-4,6,9-10H,5,13H2. The average molecular weight is 206 g/mol. The molecule has 2 aliphatic rings. The molecule has 1 saturated heterocycles. The molecule has 15 heavy (non-hydrogen) atoms. The highest BCUT2D eigenvalue weighted by molar-refractivity contribution is 6.01. The van der Waals surface area contributed by atoms with Gasteiger partial charge in [-0.25, -0.2) is 4.39 Å². The Morgan fingerprint density at radius 3 is 2.73 bits per heavy atom. The molecule has 0 radical (unpaired) electrons. The molecule has 1 heterocycles. The normalized spacial score (nSPS) is 33.1. The molecule has 3 rings (SSSR count). The molecule has 0 bridgehead atoms. The van der Waals surface area contributed by atoms with Gasteiger partial charge < -0.3 is 10.6 Å². The van der Waals surface area contributed by atoms with E-state index in [9.17, 15) is 9.18 Å². The lowest BCUT2D eigenvalue weighted by Gasteiger charge is -2.19. The molecular weight excluding hydrogens is 195 g/mol. The number of hydrogen-bond donors (Lipinski definition) is 1. The van der Waals surface area contributed by atoms with E-state index in [1.807, 2.05) is 0 Å². The van der Waals surface area contributed by atoms with Crippen LogP contribution in [0.3, 0.4) is 0 Å². The van der Waals surface area contributed by atoms with Crippen LogP contribution in [0.15, 0.2) is 24.3 Å². The molecule has 78 valence electrons. The van der Waals surface area contributed by atoms with E-state index in [-0.39, 0.29) is 29.6 Å². The minimum Gasteiger partial charge on any atom is -0.327 e. The molecule has 1 aliphatic heterocycles. The minimum absolute atomic E-state index is 0.000485. The summed E-state index contributed by atoms with van der Waals surface area (Å²) in [4.78, 5) is 13.3. The van der Waals surface area contributed by atoms with Crippen LogP contribution in [0.25, 0.3) is 0 Å². The molecule has 3 unspecified atom stereocenters. The fourth-order valence-corrected chi connectivity index (χ4v) is 2.35. The van der Waals surface area contributed by atoms with Crippen LogP contribution in [0.2, 0.25) is 0 Å². The van der Waals surface area contributed by atoms with Crippen LogP contribution in [-0.4, -0.2) is 18.5 Å². The Balaban J connectivity index is 1.92. The van der Waals surface area contributed by atoms with Gasteiger partial charge in [-0.1, -0.05) is 12.1 Å². The van der Waals surface area contributed by atoms with E-state index in [1.54, 1.807) is 18.2 Å². The van der Waals surface area contributed by atoms with Crippen LogP contribution in [-0.2, 0) is 4.79 Å². The first-order valence-corrected chi connectivity index (χ1v) is 5.01. The number of carbonyl (C=O) groups is 1. The van der Waals surface area contributed by atoms with Crippen molar-refractivity contribution in [1.82, 2.24) is 0 Å². The van der Waals surface area contributed by atoms with Gasteiger partial charge in [0.05, 0.1) is 11.6 Å². The summed E-state index contributed by atoms with van der Waals surface area (Å²) in [6.45, 7) is 0.561. The van der Waals surface area contributed by atoms with Gasteiger partial charge in [0.25, 0.3) is 0 Å². The van der Waals surface area contributed by atoms with Crippen LogP contribution >= 0.6 is 0 Å². The Morgan fingerprint density at radius 2 is 2.13 bits per heavy atom. The van der Waals surface area contributed by atoms with Gasteiger partial charge in [0.2, 0.25) is 5.91 Å². The number of rotatable bonds is 1. The fraction of sp³-hybridized carbons (Fsp3) is 0.364. The molecule has 1 aliphatic carbocycles. The molecule has 0 aromatic heterocycles. The van der Waals surface area contributed by atoms with Crippen LogP contribution in [0, 0.1) is 17.7 Å². The molecule has 4 heteroatoms. The van der Waals surface area contributed by atoms with E-state index < -0.39 is 0 Å². The maximum atomic E-state index is 13.4. The van der Waals surface area contributed by atoms with Gasteiger partial charge in [-0.15, -0.1) is 0 Å². The van der Waals surface area contributed by atoms with E-state index >= 15 is 0 Å². The quantitative estimate of drug-likeness (QED) is 0.736. The third-order valence-corrected chi connectivity index (χ3v) is 3.32. The zero-order chi connectivity index (χ0) is 10.6. The summed E-state index contributed by atoms with van der Waals surface area (Å²) >= 11 is 0. The predicted octanol–water partition coefficient (Wildman–Crippen LogP) is 0.746. The smallest absolute Gasteiger partial charge is 0.232 e. The molecule has 1 aromatic carbocycles. The maximum absolute atomic E-state index is 13.4. The lowest BCUT2D eigenvalue weighted by molar-refractivity contribution is -0.118. The number of nitrogens with zero attached hydrogens (tertiary/aromatic N) is 1. The molecule has 3 nitrogen and oxygen atoms in total. The summed E-state index contributed by atoms with van der Waals surface area (Å²) < 4.78 is 13.4. The van der Waals surface area contributed by atoms with Crippen molar-refractivity contribution < 1.29 is 9.18 Å². The number of piperidine rings is 1. The predicted molar refractivity (Wildman–Crippen MR) is 53.7 cm³/mol. The molecule has 2 N–H and O–H groups in total. The largest absolute Gasteiger partial charge is 0.327 e. The van der Waals surface area contributed by atoms with Crippen molar-refractivity contribution in [2.45, 2.75) is 6.04 Å². The zero-order valence-corrected chi connectivity index (χ0v) is 8.06. The lowest BCUT2D eigenvalue weighted by atomic mass is 10.2. The number of amides is 1. The van der Waals surface area contributed by atoms with Gasteiger partial charge in [-0.3, -0.25) is 4.79 Å². The van der Waals surface area contributed by atoms with Gasteiger partial charge >= 0.3 is 0 Å². The third kappa shape index (κ3) is 1.11. The number of halogens is 1. The topological polar surface area (TPSA) is 46.3 Å². The van der Waals surface area contributed by atoms with Crippen molar-refractivity contribution in [1.29, 1.82) is 0 Å². The summed E-state index contributed by atoms with van der Waals surface area (Å²) in [5, 5.41) is 0. The van der Waals surface area contributed by atoms with Crippen molar-refractivity contribution in [2.75, 3.05) is 11.4 Å². The van der Waals surface area contributed by atoms with Crippen molar-refractivity contribution in [3.8, 4) is 0 Å². The molecule has 3 atom stereocenters. The summed E-state index contributed by atoms with van der Waals surface area (Å²) in [5.41, 5.74) is 6.08. The number of para-hydroxylation sites is 1. The van der Waals surface area contributed by atoms with Crippen molar-refractivity contribution in [2.24, 2.45) is 17.6 Å². The van der Waals surface area contributed by atoms with E-state index in [4.69, 9.17) is 5.73 Å². The first kappa shape index (κ1) is 8.85.